The van der Waals surface area contributed by atoms with E-state index in [9.17, 15) is 9.59 Å². The first kappa shape index (κ1) is 14.8. The molecule has 90 valence electrons. The normalized spacial score (nSPS) is 9.75. The summed E-state index contributed by atoms with van der Waals surface area (Å²) < 4.78 is 9.86. The van der Waals surface area contributed by atoms with Crippen molar-refractivity contribution in [2.24, 2.45) is 0 Å². The van der Waals surface area contributed by atoms with Crippen molar-refractivity contribution in [3.05, 3.63) is 24.3 Å². The molecule has 0 radical (unpaired) electrons. The minimum absolute atomic E-state index is 0.262. The largest absolute Gasteiger partial charge is 0.421 e. The van der Waals surface area contributed by atoms with Crippen LogP contribution >= 0.6 is 11.8 Å². The van der Waals surface area contributed by atoms with Gasteiger partial charge in [-0.2, -0.15) is 11.8 Å². The Morgan fingerprint density at radius 1 is 1.12 bits per heavy atom. The second-order valence-electron chi connectivity index (χ2n) is 3.26. The first-order valence-electron chi connectivity index (χ1n) is 4.60. The highest BCUT2D eigenvalue weighted by Gasteiger charge is 2.19. The van der Waals surface area contributed by atoms with E-state index < -0.39 is 18.2 Å². The zero-order chi connectivity index (χ0) is 12.7. The molecule has 0 aliphatic carbocycles. The molecule has 0 atom stereocenters. The number of esters is 2. The smallest absolute Gasteiger partial charge is 0.336 e. The maximum absolute atomic E-state index is 11.2. The fourth-order valence-electron chi connectivity index (χ4n) is 0.668. The molecule has 0 spiro atoms. The Morgan fingerprint density at radius 2 is 1.50 bits per heavy atom. The summed E-state index contributed by atoms with van der Waals surface area (Å²) in [6.07, 6.45) is 0.916. The van der Waals surface area contributed by atoms with Crippen molar-refractivity contribution in [1.29, 1.82) is 0 Å². The summed E-state index contributed by atoms with van der Waals surface area (Å²) in [5.74, 6) is -0.778. The van der Waals surface area contributed by atoms with Gasteiger partial charge in [-0.25, -0.2) is 9.59 Å². The Kier molecular flexibility index (Phi) is 6.56. The number of carbonyl (C=O) groups is 2. The van der Waals surface area contributed by atoms with Gasteiger partial charge in [0.2, 0.25) is 0 Å². The van der Waals surface area contributed by atoms with Crippen LogP contribution in [0.3, 0.4) is 0 Å². The van der Waals surface area contributed by atoms with E-state index in [0.29, 0.717) is 5.75 Å². The van der Waals surface area contributed by atoms with Crippen LogP contribution in [0.1, 0.15) is 13.8 Å². The van der Waals surface area contributed by atoms with Crippen LogP contribution in [0.5, 0.6) is 0 Å². The van der Waals surface area contributed by atoms with Crippen molar-refractivity contribution in [3.63, 3.8) is 0 Å². The molecule has 0 aromatic rings. The predicted molar refractivity (Wildman–Crippen MR) is 64.0 cm³/mol. The molecule has 0 fully saturated rings. The molecule has 0 aliphatic rings. The third-order valence-electron chi connectivity index (χ3n) is 1.48. The van der Waals surface area contributed by atoms with Crippen LogP contribution in [0.25, 0.3) is 0 Å². The molecule has 0 N–H and O–H groups in total. The molecule has 0 saturated carbocycles. The van der Waals surface area contributed by atoms with Crippen LogP contribution in [-0.4, -0.2) is 30.2 Å². The Hall–Kier alpha value is -1.23. The number of carbonyl (C=O) groups excluding carboxylic acids is 2. The molecule has 0 heterocycles. The van der Waals surface area contributed by atoms with Crippen molar-refractivity contribution < 1.29 is 19.1 Å². The molecular weight excluding hydrogens is 228 g/mol. The summed E-state index contributed by atoms with van der Waals surface area (Å²) in [6, 6.07) is 0. The van der Waals surface area contributed by atoms with Crippen LogP contribution in [-0.2, 0) is 19.1 Å². The van der Waals surface area contributed by atoms with E-state index in [1.54, 1.807) is 0 Å². The van der Waals surface area contributed by atoms with E-state index in [1.165, 1.54) is 25.6 Å². The molecule has 0 saturated heterocycles. The van der Waals surface area contributed by atoms with Gasteiger partial charge in [0.15, 0.2) is 0 Å². The first-order valence-corrected chi connectivity index (χ1v) is 5.99. The Labute approximate surface area is 99.7 Å². The molecular formula is C11H16O4S. The van der Waals surface area contributed by atoms with Crippen molar-refractivity contribution in [3.8, 4) is 0 Å². The van der Waals surface area contributed by atoms with Gasteiger partial charge < -0.3 is 9.47 Å². The minimum atomic E-state index is -0.900. The first-order chi connectivity index (χ1) is 7.38. The van der Waals surface area contributed by atoms with Crippen LogP contribution in [0.2, 0.25) is 0 Å². The summed E-state index contributed by atoms with van der Waals surface area (Å²) >= 11 is 1.40. The fourth-order valence-corrected chi connectivity index (χ4v) is 1.08. The molecule has 0 unspecified atom stereocenters. The zero-order valence-corrected chi connectivity index (χ0v) is 10.6. The quantitative estimate of drug-likeness (QED) is 0.406. The summed E-state index contributed by atoms with van der Waals surface area (Å²) in [7, 11) is 0. The van der Waals surface area contributed by atoms with E-state index in [4.69, 9.17) is 9.47 Å². The van der Waals surface area contributed by atoms with Crippen molar-refractivity contribution >= 4 is 23.7 Å². The standard InChI is InChI=1S/C11H16O4S/c1-7(2)10(12)14-9(6-16-5)15-11(13)8(3)4/h9H,1,3,6H2,2,4-5H3. The van der Waals surface area contributed by atoms with Gasteiger partial charge in [-0.3, -0.25) is 0 Å². The van der Waals surface area contributed by atoms with E-state index >= 15 is 0 Å². The van der Waals surface area contributed by atoms with Gasteiger partial charge in [0.25, 0.3) is 6.29 Å². The van der Waals surface area contributed by atoms with Gasteiger partial charge in [-0.1, -0.05) is 13.2 Å². The van der Waals surface area contributed by atoms with Gasteiger partial charge in [0, 0.05) is 11.1 Å². The zero-order valence-electron chi connectivity index (χ0n) is 9.74. The highest BCUT2D eigenvalue weighted by molar-refractivity contribution is 7.98. The second kappa shape index (κ2) is 7.11. The van der Waals surface area contributed by atoms with E-state index in [1.807, 2.05) is 6.26 Å². The molecule has 0 aromatic heterocycles. The lowest BCUT2D eigenvalue weighted by Crippen LogP contribution is -2.27. The number of hydrogen-bond acceptors (Lipinski definition) is 5. The lowest BCUT2D eigenvalue weighted by molar-refractivity contribution is -0.177. The van der Waals surface area contributed by atoms with Crippen LogP contribution in [0.15, 0.2) is 24.3 Å². The molecule has 0 amide bonds. The van der Waals surface area contributed by atoms with E-state index in [-0.39, 0.29) is 11.1 Å². The molecule has 5 heteroatoms. The van der Waals surface area contributed by atoms with Crippen LogP contribution in [0, 0.1) is 0 Å². The molecule has 0 rings (SSSR count). The molecule has 0 aromatic carbocycles. The fraction of sp³-hybridized carbons (Fsp3) is 0.455. The molecule has 0 aliphatic heterocycles. The summed E-state index contributed by atoms with van der Waals surface area (Å²) in [4.78, 5) is 22.5. The monoisotopic (exact) mass is 244 g/mol. The summed E-state index contributed by atoms with van der Waals surface area (Å²) in [6.45, 7) is 9.94. The van der Waals surface area contributed by atoms with Crippen LogP contribution < -0.4 is 0 Å². The molecule has 4 nitrogen and oxygen atoms in total. The summed E-state index contributed by atoms with van der Waals surface area (Å²) in [5.41, 5.74) is 0.523. The molecule has 16 heavy (non-hydrogen) atoms. The SMILES string of the molecule is C=C(C)C(=O)OC(CSC)OC(=O)C(=C)C. The van der Waals surface area contributed by atoms with Gasteiger partial charge in [-0.05, 0) is 20.1 Å². The third kappa shape index (κ3) is 5.60. The minimum Gasteiger partial charge on any atom is -0.421 e. The van der Waals surface area contributed by atoms with E-state index in [2.05, 4.69) is 13.2 Å². The van der Waals surface area contributed by atoms with Crippen molar-refractivity contribution in [1.82, 2.24) is 0 Å². The maximum Gasteiger partial charge on any atom is 0.336 e. The lowest BCUT2D eigenvalue weighted by atomic mass is 10.3. The number of rotatable bonds is 6. The van der Waals surface area contributed by atoms with Gasteiger partial charge in [-0.15, -0.1) is 0 Å². The molecule has 0 bridgehead atoms. The summed E-state index contributed by atoms with van der Waals surface area (Å²) in [5, 5.41) is 0. The van der Waals surface area contributed by atoms with Crippen molar-refractivity contribution in [2.75, 3.05) is 12.0 Å². The Bertz CT molecular complexity index is 281. The van der Waals surface area contributed by atoms with Gasteiger partial charge >= 0.3 is 11.9 Å². The number of hydrogen-bond donors (Lipinski definition) is 0. The predicted octanol–water partition coefficient (Wildman–Crippen LogP) is 1.91. The number of ether oxygens (including phenoxy) is 2. The topological polar surface area (TPSA) is 52.6 Å². The average Bonchev–Trinajstić information content (AvgIpc) is 2.17. The second-order valence-corrected chi connectivity index (χ2v) is 4.17. The van der Waals surface area contributed by atoms with Crippen LogP contribution in [0.4, 0.5) is 0 Å². The van der Waals surface area contributed by atoms with Gasteiger partial charge in [0.05, 0.1) is 5.75 Å². The maximum atomic E-state index is 11.2. The van der Waals surface area contributed by atoms with E-state index in [0.717, 1.165) is 0 Å². The Balaban J connectivity index is 4.38. The lowest BCUT2D eigenvalue weighted by Gasteiger charge is -2.17. The Morgan fingerprint density at radius 3 is 1.75 bits per heavy atom. The highest BCUT2D eigenvalue weighted by atomic mass is 32.2. The van der Waals surface area contributed by atoms with Crippen molar-refractivity contribution in [2.45, 2.75) is 20.1 Å². The third-order valence-corrected chi connectivity index (χ3v) is 2.08. The highest BCUT2D eigenvalue weighted by Crippen LogP contribution is 2.08. The average molecular weight is 244 g/mol. The number of thioether (sulfide) groups is 1. The van der Waals surface area contributed by atoms with Gasteiger partial charge in [0.1, 0.15) is 0 Å².